The Bertz CT molecular complexity index is 592. The highest BCUT2D eigenvalue weighted by Crippen LogP contribution is 2.31. The van der Waals surface area contributed by atoms with E-state index in [0.29, 0.717) is 18.7 Å². The maximum absolute atomic E-state index is 14.4. The number of carboxylic acids is 1. The van der Waals surface area contributed by atoms with Gasteiger partial charge in [0, 0.05) is 24.4 Å². The zero-order valence-corrected chi connectivity index (χ0v) is 13.2. The van der Waals surface area contributed by atoms with Crippen molar-refractivity contribution in [2.75, 3.05) is 13.1 Å². The highest BCUT2D eigenvalue weighted by atomic mass is 19.1. The first kappa shape index (κ1) is 16.5. The van der Waals surface area contributed by atoms with Crippen molar-refractivity contribution in [2.24, 2.45) is 5.41 Å². The van der Waals surface area contributed by atoms with E-state index in [-0.39, 0.29) is 17.4 Å². The number of likely N-dealkylation sites (tertiary alicyclic amines) is 1. The number of benzene rings is 1. The van der Waals surface area contributed by atoms with Gasteiger partial charge in [-0.15, -0.1) is 0 Å². The van der Waals surface area contributed by atoms with Gasteiger partial charge in [0.2, 0.25) is 5.91 Å². The van der Waals surface area contributed by atoms with Crippen LogP contribution in [-0.4, -0.2) is 35.0 Å². The second-order valence-corrected chi connectivity index (χ2v) is 6.85. The summed E-state index contributed by atoms with van der Waals surface area (Å²) >= 11 is 0. The third-order valence-electron chi connectivity index (χ3n) is 4.05. The Morgan fingerprint density at radius 2 is 2.00 bits per heavy atom. The number of piperidine rings is 1. The fraction of sp³-hybridized carbons (Fsp3) is 0.529. The van der Waals surface area contributed by atoms with E-state index >= 15 is 0 Å². The lowest BCUT2D eigenvalue weighted by Crippen LogP contribution is -2.44. The van der Waals surface area contributed by atoms with Crippen molar-refractivity contribution >= 4 is 11.9 Å². The van der Waals surface area contributed by atoms with Crippen LogP contribution in [0.1, 0.15) is 55.5 Å². The number of carbonyl (C=O) groups is 2. The number of nitrogens with zero attached hydrogens (tertiary/aromatic N) is 1. The summed E-state index contributed by atoms with van der Waals surface area (Å²) in [4.78, 5) is 25.2. The van der Waals surface area contributed by atoms with E-state index in [1.54, 1.807) is 17.0 Å². The van der Waals surface area contributed by atoms with Crippen LogP contribution >= 0.6 is 0 Å². The molecule has 22 heavy (non-hydrogen) atoms. The summed E-state index contributed by atoms with van der Waals surface area (Å²) in [5, 5.41) is 9.03. The van der Waals surface area contributed by atoms with E-state index < -0.39 is 17.2 Å². The SMILES string of the molecule is CC(C)(C)C(=O)N1CCCC(c2cccc(C(=O)O)c2F)C1. The molecule has 1 unspecified atom stereocenters. The molecule has 1 N–H and O–H groups in total. The first-order chi connectivity index (χ1) is 10.2. The van der Waals surface area contributed by atoms with Crippen LogP contribution in [0.15, 0.2) is 18.2 Å². The average Bonchev–Trinajstić information content (AvgIpc) is 2.45. The van der Waals surface area contributed by atoms with Crippen molar-refractivity contribution in [2.45, 2.75) is 39.5 Å². The lowest BCUT2D eigenvalue weighted by molar-refractivity contribution is -0.140. The van der Waals surface area contributed by atoms with Gasteiger partial charge in [0.15, 0.2) is 0 Å². The molecule has 120 valence electrons. The van der Waals surface area contributed by atoms with Crippen LogP contribution in [0.5, 0.6) is 0 Å². The Balaban J connectivity index is 2.25. The largest absolute Gasteiger partial charge is 0.478 e. The van der Waals surface area contributed by atoms with Gasteiger partial charge in [-0.25, -0.2) is 9.18 Å². The molecule has 1 saturated heterocycles. The number of aromatic carboxylic acids is 1. The van der Waals surface area contributed by atoms with Crippen LogP contribution < -0.4 is 0 Å². The molecule has 1 aromatic carbocycles. The quantitative estimate of drug-likeness (QED) is 0.912. The minimum atomic E-state index is -1.27. The second-order valence-electron chi connectivity index (χ2n) is 6.85. The molecule has 1 fully saturated rings. The first-order valence-corrected chi connectivity index (χ1v) is 7.53. The van der Waals surface area contributed by atoms with Gasteiger partial charge in [-0.05, 0) is 24.5 Å². The minimum absolute atomic E-state index is 0.0481. The Labute approximate surface area is 129 Å². The molecule has 0 aliphatic carbocycles. The molecular formula is C17H22FNO3. The summed E-state index contributed by atoms with van der Waals surface area (Å²) in [6.07, 6.45) is 1.55. The summed E-state index contributed by atoms with van der Waals surface area (Å²) < 4.78 is 14.4. The van der Waals surface area contributed by atoms with Crippen LogP contribution in [0.3, 0.4) is 0 Å². The van der Waals surface area contributed by atoms with E-state index in [2.05, 4.69) is 0 Å². The highest BCUT2D eigenvalue weighted by Gasteiger charge is 2.32. The molecule has 2 rings (SSSR count). The predicted octanol–water partition coefficient (Wildman–Crippen LogP) is 3.28. The van der Waals surface area contributed by atoms with Gasteiger partial charge in [0.1, 0.15) is 5.82 Å². The Morgan fingerprint density at radius 1 is 1.32 bits per heavy atom. The van der Waals surface area contributed by atoms with Crippen molar-refractivity contribution < 1.29 is 19.1 Å². The van der Waals surface area contributed by atoms with Crippen LogP contribution in [0.4, 0.5) is 4.39 Å². The monoisotopic (exact) mass is 307 g/mol. The van der Waals surface area contributed by atoms with Crippen molar-refractivity contribution in [3.05, 3.63) is 35.1 Å². The maximum atomic E-state index is 14.4. The van der Waals surface area contributed by atoms with Crippen molar-refractivity contribution in [1.82, 2.24) is 4.90 Å². The van der Waals surface area contributed by atoms with Crippen LogP contribution in [-0.2, 0) is 4.79 Å². The predicted molar refractivity (Wildman–Crippen MR) is 81.4 cm³/mol. The number of amides is 1. The molecule has 1 amide bonds. The number of carbonyl (C=O) groups excluding carboxylic acids is 1. The maximum Gasteiger partial charge on any atom is 0.338 e. The molecule has 1 aliphatic heterocycles. The van der Waals surface area contributed by atoms with Crippen molar-refractivity contribution in [3.8, 4) is 0 Å². The van der Waals surface area contributed by atoms with Gasteiger partial charge in [-0.3, -0.25) is 4.79 Å². The van der Waals surface area contributed by atoms with Gasteiger partial charge < -0.3 is 10.0 Å². The highest BCUT2D eigenvalue weighted by molar-refractivity contribution is 5.88. The molecule has 1 heterocycles. The molecule has 1 aromatic rings. The number of hydrogen-bond donors (Lipinski definition) is 1. The molecular weight excluding hydrogens is 285 g/mol. The molecule has 0 radical (unpaired) electrons. The third-order valence-corrected chi connectivity index (χ3v) is 4.05. The van der Waals surface area contributed by atoms with E-state index in [9.17, 15) is 14.0 Å². The number of halogens is 1. The summed E-state index contributed by atoms with van der Waals surface area (Å²) in [6, 6.07) is 4.45. The average molecular weight is 307 g/mol. The van der Waals surface area contributed by atoms with E-state index in [0.717, 1.165) is 12.8 Å². The van der Waals surface area contributed by atoms with Crippen molar-refractivity contribution in [1.29, 1.82) is 0 Å². The fourth-order valence-corrected chi connectivity index (χ4v) is 2.92. The zero-order valence-electron chi connectivity index (χ0n) is 13.2. The normalized spacial score (nSPS) is 19.1. The minimum Gasteiger partial charge on any atom is -0.478 e. The molecule has 5 heteroatoms. The molecule has 4 nitrogen and oxygen atoms in total. The summed E-state index contributed by atoms with van der Waals surface area (Å²) in [6.45, 7) is 6.71. The van der Waals surface area contributed by atoms with Crippen LogP contribution in [0.25, 0.3) is 0 Å². The van der Waals surface area contributed by atoms with Crippen LogP contribution in [0.2, 0.25) is 0 Å². The van der Waals surface area contributed by atoms with Crippen molar-refractivity contribution in [3.63, 3.8) is 0 Å². The molecule has 0 aromatic heterocycles. The number of carboxylic acid groups (broad SMARTS) is 1. The topological polar surface area (TPSA) is 57.6 Å². The lowest BCUT2D eigenvalue weighted by Gasteiger charge is -2.36. The fourth-order valence-electron chi connectivity index (χ4n) is 2.92. The van der Waals surface area contributed by atoms with E-state index in [4.69, 9.17) is 5.11 Å². The summed E-state index contributed by atoms with van der Waals surface area (Å²) in [5.41, 5.74) is -0.383. The van der Waals surface area contributed by atoms with Gasteiger partial charge in [0.25, 0.3) is 0 Å². The lowest BCUT2D eigenvalue weighted by atomic mass is 9.87. The van der Waals surface area contributed by atoms with Gasteiger partial charge >= 0.3 is 5.97 Å². The zero-order chi connectivity index (χ0) is 16.5. The second kappa shape index (κ2) is 6.07. The molecule has 1 aliphatic rings. The third kappa shape index (κ3) is 3.29. The van der Waals surface area contributed by atoms with Gasteiger partial charge in [0.05, 0.1) is 5.56 Å². The Morgan fingerprint density at radius 3 is 2.59 bits per heavy atom. The summed E-state index contributed by atoms with van der Waals surface area (Å²) in [5.74, 6) is -2.05. The standard InChI is InChI=1S/C17H22FNO3/c1-17(2,3)16(22)19-9-5-6-11(10-19)12-7-4-8-13(14(12)18)15(20)21/h4,7-8,11H,5-6,9-10H2,1-3H3,(H,20,21). The van der Waals surface area contributed by atoms with Gasteiger partial charge in [-0.2, -0.15) is 0 Å². The van der Waals surface area contributed by atoms with E-state index in [1.807, 2.05) is 20.8 Å². The number of rotatable bonds is 2. The molecule has 0 spiro atoms. The summed E-state index contributed by atoms with van der Waals surface area (Å²) in [7, 11) is 0. The molecule has 0 saturated carbocycles. The Kier molecular flexibility index (Phi) is 4.54. The molecule has 1 atom stereocenters. The van der Waals surface area contributed by atoms with Gasteiger partial charge in [-0.1, -0.05) is 32.9 Å². The Hall–Kier alpha value is -1.91. The number of hydrogen-bond acceptors (Lipinski definition) is 2. The molecule has 0 bridgehead atoms. The van der Waals surface area contributed by atoms with E-state index in [1.165, 1.54) is 6.07 Å². The smallest absolute Gasteiger partial charge is 0.338 e. The van der Waals surface area contributed by atoms with Crippen LogP contribution in [0, 0.1) is 11.2 Å². The first-order valence-electron chi connectivity index (χ1n) is 7.53.